The summed E-state index contributed by atoms with van der Waals surface area (Å²) in [6.07, 6.45) is 5.14. The number of halogens is 1. The van der Waals surface area contributed by atoms with Gasteiger partial charge >= 0.3 is 6.03 Å². The van der Waals surface area contributed by atoms with E-state index in [0.29, 0.717) is 35.7 Å². The van der Waals surface area contributed by atoms with Crippen molar-refractivity contribution in [3.63, 3.8) is 0 Å². The molecule has 0 spiro atoms. The van der Waals surface area contributed by atoms with Gasteiger partial charge in [-0.1, -0.05) is 6.07 Å². The number of amides is 3. The van der Waals surface area contributed by atoms with Gasteiger partial charge in [0.15, 0.2) is 5.65 Å². The number of rotatable bonds is 7. The molecule has 0 bridgehead atoms. The third-order valence-corrected chi connectivity index (χ3v) is 6.99. The van der Waals surface area contributed by atoms with E-state index in [0.717, 1.165) is 34.4 Å². The van der Waals surface area contributed by atoms with Crippen molar-refractivity contribution < 1.29 is 14.0 Å². The van der Waals surface area contributed by atoms with Crippen molar-refractivity contribution in [2.45, 2.75) is 32.4 Å². The summed E-state index contributed by atoms with van der Waals surface area (Å²) in [6.45, 7) is 2.33. The lowest BCUT2D eigenvalue weighted by atomic mass is 10.0. The predicted molar refractivity (Wildman–Crippen MR) is 134 cm³/mol. The molecule has 4 N–H and O–H groups in total. The molecule has 10 nitrogen and oxygen atoms in total. The zero-order valence-corrected chi connectivity index (χ0v) is 19.9. The molecule has 0 radical (unpaired) electrons. The maximum atomic E-state index is 14.2. The van der Waals surface area contributed by atoms with E-state index in [4.69, 9.17) is 0 Å². The van der Waals surface area contributed by atoms with Gasteiger partial charge in [0, 0.05) is 23.0 Å². The number of aryl methyl sites for hydroxylation is 1. The van der Waals surface area contributed by atoms with Crippen LogP contribution in [0, 0.1) is 12.7 Å². The summed E-state index contributed by atoms with van der Waals surface area (Å²) in [7, 11) is 0. The van der Waals surface area contributed by atoms with Crippen LogP contribution in [0.25, 0.3) is 22.2 Å². The third-order valence-electron chi connectivity index (χ3n) is 5.94. The summed E-state index contributed by atoms with van der Waals surface area (Å²) in [5.74, 6) is -0.0173. The predicted octanol–water partition coefficient (Wildman–Crippen LogP) is 3.67. The summed E-state index contributed by atoms with van der Waals surface area (Å²) in [4.78, 5) is 33.8. The Bertz CT molecular complexity index is 1550. The van der Waals surface area contributed by atoms with Gasteiger partial charge in [-0.3, -0.25) is 10.1 Å². The molecule has 4 heterocycles. The van der Waals surface area contributed by atoms with Crippen LogP contribution in [0.4, 0.5) is 21.1 Å². The highest BCUT2D eigenvalue weighted by Gasteiger charge is 2.26. The number of hydrogen-bond acceptors (Lipinski definition) is 8. The second-order valence-electron chi connectivity index (χ2n) is 8.68. The Hall–Kier alpha value is -4.32. The van der Waals surface area contributed by atoms with Gasteiger partial charge in [0.2, 0.25) is 11.9 Å². The lowest BCUT2D eigenvalue weighted by molar-refractivity contribution is -0.115. The van der Waals surface area contributed by atoms with Gasteiger partial charge in [-0.15, -0.1) is 11.3 Å². The average molecular weight is 505 g/mol. The standard InChI is InChI=1S/C24H21FN8O2S/c1-12-6-7-36-19(12)17-5-2-15(25)8-13(17)10-26-22-30-20-14(9-18-21(34)31-24(35)29-18)11-27-33(20)23(32-22)28-16-3-4-16/h2,5-9,11,16H,3-4,10H2,1H3,(H2,26,28,30,32)(H2,29,31,34,35)/b18-9-. The van der Waals surface area contributed by atoms with E-state index in [-0.39, 0.29) is 11.5 Å². The number of hydrogen-bond donors (Lipinski definition) is 4. The smallest absolute Gasteiger partial charge is 0.326 e. The molecule has 182 valence electrons. The van der Waals surface area contributed by atoms with Gasteiger partial charge in [-0.05, 0) is 66.1 Å². The van der Waals surface area contributed by atoms with Crippen molar-refractivity contribution in [1.82, 2.24) is 30.2 Å². The molecule has 2 aliphatic rings. The molecule has 0 atom stereocenters. The largest absolute Gasteiger partial charge is 0.351 e. The van der Waals surface area contributed by atoms with Crippen molar-refractivity contribution in [1.29, 1.82) is 0 Å². The van der Waals surface area contributed by atoms with Crippen molar-refractivity contribution in [2.75, 3.05) is 10.6 Å². The minimum atomic E-state index is -0.581. The Kier molecular flexibility index (Phi) is 5.37. The van der Waals surface area contributed by atoms with Crippen molar-refractivity contribution in [3.8, 4) is 10.4 Å². The van der Waals surface area contributed by atoms with Crippen molar-refractivity contribution in [3.05, 3.63) is 64.0 Å². The normalized spacial score (nSPS) is 16.4. The highest BCUT2D eigenvalue weighted by Crippen LogP contribution is 2.33. The highest BCUT2D eigenvalue weighted by atomic mass is 32.1. The number of urea groups is 1. The molecule has 1 aliphatic carbocycles. The second-order valence-corrected chi connectivity index (χ2v) is 9.59. The number of aromatic nitrogens is 4. The van der Waals surface area contributed by atoms with Crippen LogP contribution in [0.2, 0.25) is 0 Å². The lowest BCUT2D eigenvalue weighted by Gasteiger charge is -2.13. The Labute approximate surface area is 208 Å². The summed E-state index contributed by atoms with van der Waals surface area (Å²) in [5.41, 5.74) is 3.95. The number of nitrogens with one attached hydrogen (secondary N) is 4. The van der Waals surface area contributed by atoms with E-state index in [1.807, 2.05) is 18.4 Å². The molecule has 12 heteroatoms. The Balaban J connectivity index is 1.36. The maximum Gasteiger partial charge on any atom is 0.326 e. The molecule has 3 amide bonds. The molecule has 1 aliphatic heterocycles. The fraction of sp³-hybridized carbons (Fsp3) is 0.208. The molecule has 6 rings (SSSR count). The number of imide groups is 1. The first-order valence-corrected chi connectivity index (χ1v) is 12.3. The number of carbonyl (C=O) groups excluding carboxylic acids is 2. The highest BCUT2D eigenvalue weighted by molar-refractivity contribution is 7.13. The fourth-order valence-corrected chi connectivity index (χ4v) is 4.96. The second kappa shape index (κ2) is 8.72. The van der Waals surface area contributed by atoms with E-state index in [2.05, 4.69) is 36.3 Å². The van der Waals surface area contributed by atoms with Crippen LogP contribution in [0.5, 0.6) is 0 Å². The van der Waals surface area contributed by atoms with Crippen LogP contribution in [0.1, 0.15) is 29.5 Å². The number of carbonyl (C=O) groups is 2. The fourth-order valence-electron chi connectivity index (χ4n) is 3.97. The van der Waals surface area contributed by atoms with Crippen LogP contribution in [-0.4, -0.2) is 37.6 Å². The number of benzene rings is 1. The van der Waals surface area contributed by atoms with Crippen LogP contribution in [0.15, 0.2) is 41.5 Å². The minimum Gasteiger partial charge on any atom is -0.351 e. The molecule has 1 saturated heterocycles. The van der Waals surface area contributed by atoms with E-state index in [9.17, 15) is 14.0 Å². The molecular formula is C24H21FN8O2S. The third kappa shape index (κ3) is 4.26. The SMILES string of the molecule is Cc1ccsc1-c1ccc(F)cc1CNc1nc(NC2CC2)n2ncc(/C=C3\NC(=O)NC3=O)c2n1. The summed E-state index contributed by atoms with van der Waals surface area (Å²) in [5, 5.41) is 17.6. The summed E-state index contributed by atoms with van der Waals surface area (Å²) < 4.78 is 15.7. The molecule has 3 aromatic heterocycles. The van der Waals surface area contributed by atoms with Crippen molar-refractivity contribution in [2.24, 2.45) is 0 Å². The molecule has 36 heavy (non-hydrogen) atoms. The van der Waals surface area contributed by atoms with Gasteiger partial charge in [-0.25, -0.2) is 9.18 Å². The Morgan fingerprint density at radius 2 is 2.08 bits per heavy atom. The topological polar surface area (TPSA) is 125 Å². The summed E-state index contributed by atoms with van der Waals surface area (Å²) in [6, 6.07) is 6.52. The van der Waals surface area contributed by atoms with E-state index < -0.39 is 11.9 Å². The number of fused-ring (bicyclic) bond motifs is 1. The molecule has 1 aromatic carbocycles. The number of anilines is 2. The average Bonchev–Trinajstić information content (AvgIpc) is 3.26. The van der Waals surface area contributed by atoms with Gasteiger partial charge < -0.3 is 16.0 Å². The first kappa shape index (κ1) is 22.2. The zero-order valence-electron chi connectivity index (χ0n) is 19.1. The van der Waals surface area contributed by atoms with Crippen LogP contribution in [0.3, 0.4) is 0 Å². The van der Waals surface area contributed by atoms with E-state index >= 15 is 0 Å². The van der Waals surface area contributed by atoms with Crippen LogP contribution >= 0.6 is 11.3 Å². The molecule has 2 fully saturated rings. The Morgan fingerprint density at radius 1 is 1.22 bits per heavy atom. The van der Waals surface area contributed by atoms with E-state index in [1.54, 1.807) is 28.1 Å². The Morgan fingerprint density at radius 3 is 2.81 bits per heavy atom. The molecule has 4 aromatic rings. The number of nitrogens with zero attached hydrogens (tertiary/aromatic N) is 4. The van der Waals surface area contributed by atoms with Crippen LogP contribution < -0.4 is 21.3 Å². The molecular weight excluding hydrogens is 483 g/mol. The zero-order chi connectivity index (χ0) is 24.8. The quantitative estimate of drug-likeness (QED) is 0.224. The van der Waals surface area contributed by atoms with E-state index in [1.165, 1.54) is 18.2 Å². The number of thiophene rings is 1. The van der Waals surface area contributed by atoms with Gasteiger partial charge in [0.25, 0.3) is 5.91 Å². The lowest BCUT2D eigenvalue weighted by Crippen LogP contribution is -2.22. The van der Waals surface area contributed by atoms with Gasteiger partial charge in [0.05, 0.1) is 6.20 Å². The van der Waals surface area contributed by atoms with Gasteiger partial charge in [-0.2, -0.15) is 19.6 Å². The molecule has 0 unspecified atom stereocenters. The first-order valence-electron chi connectivity index (χ1n) is 11.4. The first-order chi connectivity index (χ1) is 17.4. The minimum absolute atomic E-state index is 0.107. The maximum absolute atomic E-state index is 14.2. The molecule has 1 saturated carbocycles. The monoisotopic (exact) mass is 504 g/mol. The van der Waals surface area contributed by atoms with Crippen molar-refractivity contribution >= 4 is 46.9 Å². The van der Waals surface area contributed by atoms with Crippen LogP contribution in [-0.2, 0) is 11.3 Å². The summed E-state index contributed by atoms with van der Waals surface area (Å²) >= 11 is 1.61. The van der Waals surface area contributed by atoms with Gasteiger partial charge in [0.1, 0.15) is 11.5 Å².